The van der Waals surface area contributed by atoms with Crippen molar-refractivity contribution in [2.24, 2.45) is 0 Å². The summed E-state index contributed by atoms with van der Waals surface area (Å²) in [5.74, 6) is 0.482. The van der Waals surface area contributed by atoms with Crippen LogP contribution in [0, 0.1) is 0 Å². The summed E-state index contributed by atoms with van der Waals surface area (Å²) in [4.78, 5) is 12.7. The fourth-order valence-electron chi connectivity index (χ4n) is 1.87. The number of thiazole rings is 1. The number of methoxy groups -OCH3 is 1. The normalized spacial score (nSPS) is 11.5. The molecule has 3 aromatic rings. The maximum absolute atomic E-state index is 11.9. The van der Waals surface area contributed by atoms with Crippen LogP contribution < -0.4 is 4.74 Å². The van der Waals surface area contributed by atoms with Crippen LogP contribution in [-0.4, -0.2) is 28.8 Å². The zero-order valence-corrected chi connectivity index (χ0v) is 12.1. The number of aromatic nitrogens is 2. The summed E-state index contributed by atoms with van der Waals surface area (Å²) in [5.41, 5.74) is 1.51. The molecule has 0 unspecified atom stereocenters. The molecular formula is C12H11N2O3PS. The third-order valence-corrected chi connectivity index (χ3v) is 4.70. The smallest absolute Gasteiger partial charge is 0.361 e. The highest BCUT2D eigenvalue weighted by Gasteiger charge is 2.18. The Kier molecular flexibility index (Phi) is 3.12. The first kappa shape index (κ1) is 12.4. The van der Waals surface area contributed by atoms with Gasteiger partial charge in [0.25, 0.3) is 0 Å². The maximum atomic E-state index is 11.9. The molecule has 0 saturated carbocycles. The van der Waals surface area contributed by atoms with E-state index in [1.165, 1.54) is 11.3 Å². The molecular weight excluding hydrogens is 283 g/mol. The molecule has 0 aliphatic heterocycles. The molecule has 0 saturated heterocycles. The van der Waals surface area contributed by atoms with Crippen LogP contribution in [-0.2, 0) is 4.74 Å². The summed E-state index contributed by atoms with van der Waals surface area (Å²) in [7, 11) is 2.27. The first-order valence-corrected chi connectivity index (χ1v) is 7.39. The summed E-state index contributed by atoms with van der Waals surface area (Å²) in [5, 5.41) is 0. The zero-order valence-electron chi connectivity index (χ0n) is 10.4. The Hall–Kier alpha value is -1.65. The lowest BCUT2D eigenvalue weighted by molar-refractivity contribution is 0.0525. The number of esters is 1. The van der Waals surface area contributed by atoms with E-state index < -0.39 is 0 Å². The van der Waals surface area contributed by atoms with Gasteiger partial charge in [-0.3, -0.25) is 4.40 Å². The number of carbonyl (C=O) groups is 1. The van der Waals surface area contributed by atoms with Gasteiger partial charge in [-0.25, -0.2) is 4.79 Å². The summed E-state index contributed by atoms with van der Waals surface area (Å²) in [6.07, 6.45) is 0. The minimum atomic E-state index is -0.313. The van der Waals surface area contributed by atoms with Crippen molar-refractivity contribution >= 4 is 40.8 Å². The van der Waals surface area contributed by atoms with Gasteiger partial charge in [0.15, 0.2) is 10.4 Å². The topological polar surface area (TPSA) is 52.8 Å². The molecule has 7 heteroatoms. The molecule has 0 amide bonds. The molecule has 0 radical (unpaired) electrons. The number of rotatable bonds is 3. The van der Waals surface area contributed by atoms with E-state index in [2.05, 4.69) is 4.75 Å². The Balaban J connectivity index is 2.23. The number of hydrogen-bond donors (Lipinski definition) is 0. The highest BCUT2D eigenvalue weighted by molar-refractivity contribution is 7.31. The van der Waals surface area contributed by atoms with E-state index >= 15 is 0 Å². The molecule has 0 bridgehead atoms. The van der Waals surface area contributed by atoms with E-state index in [0.717, 1.165) is 20.9 Å². The van der Waals surface area contributed by atoms with Crippen molar-refractivity contribution in [2.75, 3.05) is 13.7 Å². The van der Waals surface area contributed by atoms with Crippen molar-refractivity contribution in [1.29, 1.82) is 0 Å². The molecule has 0 spiro atoms. The van der Waals surface area contributed by atoms with Crippen molar-refractivity contribution in [3.8, 4) is 5.75 Å². The lowest BCUT2D eigenvalue weighted by Crippen LogP contribution is -2.05. The van der Waals surface area contributed by atoms with Crippen LogP contribution >= 0.6 is 19.7 Å². The fourth-order valence-corrected chi connectivity index (χ4v) is 3.85. The molecule has 0 atom stereocenters. The van der Waals surface area contributed by atoms with E-state index in [4.69, 9.17) is 9.47 Å². The Labute approximate surface area is 114 Å². The zero-order chi connectivity index (χ0) is 13.4. The Morgan fingerprint density at radius 1 is 1.53 bits per heavy atom. The number of carbonyl (C=O) groups excluding carboxylic acids is 1. The first-order chi connectivity index (χ1) is 9.24. The maximum Gasteiger partial charge on any atom is 0.361 e. The van der Waals surface area contributed by atoms with Gasteiger partial charge in [0.1, 0.15) is 5.75 Å². The molecule has 19 heavy (non-hydrogen) atoms. The Morgan fingerprint density at radius 3 is 3.11 bits per heavy atom. The summed E-state index contributed by atoms with van der Waals surface area (Å²) in [6, 6.07) is 5.75. The Bertz CT molecular complexity index is 765. The number of fused-ring (bicyclic) bond motifs is 3. The van der Waals surface area contributed by atoms with Gasteiger partial charge >= 0.3 is 5.97 Å². The predicted octanol–water partition coefficient (Wildman–Crippen LogP) is 3.31. The van der Waals surface area contributed by atoms with Gasteiger partial charge in [-0.05, 0) is 25.1 Å². The average molecular weight is 294 g/mol. The van der Waals surface area contributed by atoms with Crippen molar-refractivity contribution in [1.82, 2.24) is 9.15 Å². The molecule has 5 nitrogen and oxygen atoms in total. The van der Waals surface area contributed by atoms with E-state index in [-0.39, 0.29) is 5.97 Å². The molecule has 98 valence electrons. The summed E-state index contributed by atoms with van der Waals surface area (Å²) < 4.78 is 17.5. The number of hydrogen-bond acceptors (Lipinski definition) is 5. The molecule has 3 rings (SSSR count). The molecule has 0 fully saturated rings. The van der Waals surface area contributed by atoms with Crippen LogP contribution in [0.15, 0.2) is 18.2 Å². The third kappa shape index (κ3) is 1.97. The predicted molar refractivity (Wildman–Crippen MR) is 75.6 cm³/mol. The monoisotopic (exact) mass is 294 g/mol. The van der Waals surface area contributed by atoms with Gasteiger partial charge in [-0.1, -0.05) is 11.3 Å². The SMILES string of the molecule is CCOC(=O)c1pnc2sc3cc(OC)ccc3n12. The van der Waals surface area contributed by atoms with Crippen molar-refractivity contribution in [3.05, 3.63) is 23.6 Å². The van der Waals surface area contributed by atoms with Crippen molar-refractivity contribution in [3.63, 3.8) is 0 Å². The van der Waals surface area contributed by atoms with Gasteiger partial charge in [0.2, 0.25) is 0 Å². The van der Waals surface area contributed by atoms with E-state index in [0.29, 0.717) is 20.4 Å². The second kappa shape index (κ2) is 4.79. The second-order valence-corrected chi connectivity index (χ2v) is 5.63. The van der Waals surface area contributed by atoms with Crippen LogP contribution in [0.5, 0.6) is 5.75 Å². The highest BCUT2D eigenvalue weighted by Crippen LogP contribution is 2.33. The quantitative estimate of drug-likeness (QED) is 0.695. The van der Waals surface area contributed by atoms with Gasteiger partial charge in [0, 0.05) is 0 Å². The van der Waals surface area contributed by atoms with Crippen LogP contribution in [0.25, 0.3) is 15.2 Å². The van der Waals surface area contributed by atoms with E-state index in [9.17, 15) is 4.79 Å². The van der Waals surface area contributed by atoms with Gasteiger partial charge < -0.3 is 9.47 Å². The third-order valence-electron chi connectivity index (χ3n) is 2.70. The molecule has 0 aliphatic carbocycles. The number of nitrogens with zero attached hydrogens (tertiary/aromatic N) is 2. The van der Waals surface area contributed by atoms with E-state index in [1.54, 1.807) is 14.0 Å². The standard InChI is InChI=1S/C12H11N2O3PS/c1-3-17-11(15)10-14-8-5-4-7(16-2)6-9(8)19-12(14)13-18-10/h4-6H,3H2,1-2H3. The second-order valence-electron chi connectivity index (χ2n) is 3.80. The highest BCUT2D eigenvalue weighted by atomic mass is 32.1. The van der Waals surface area contributed by atoms with Crippen LogP contribution in [0.1, 0.15) is 17.1 Å². The van der Waals surface area contributed by atoms with Gasteiger partial charge in [0.05, 0.1) is 32.3 Å². The molecule has 1 aromatic carbocycles. The average Bonchev–Trinajstić information content (AvgIpc) is 2.96. The number of benzene rings is 1. The van der Waals surface area contributed by atoms with Gasteiger partial charge in [-0.2, -0.15) is 4.75 Å². The Morgan fingerprint density at radius 2 is 2.37 bits per heavy atom. The van der Waals surface area contributed by atoms with Crippen LogP contribution in [0.4, 0.5) is 0 Å². The molecule has 0 aliphatic rings. The summed E-state index contributed by atoms with van der Waals surface area (Å²) >= 11 is 1.54. The van der Waals surface area contributed by atoms with Crippen LogP contribution in [0.2, 0.25) is 0 Å². The largest absolute Gasteiger partial charge is 0.497 e. The number of ether oxygens (including phenoxy) is 2. The lowest BCUT2D eigenvalue weighted by atomic mass is 10.3. The van der Waals surface area contributed by atoms with Crippen LogP contribution in [0.3, 0.4) is 0 Å². The fraction of sp³-hybridized carbons (Fsp3) is 0.250. The molecule has 2 aromatic heterocycles. The minimum Gasteiger partial charge on any atom is -0.497 e. The lowest BCUT2D eigenvalue weighted by Gasteiger charge is -2.01. The van der Waals surface area contributed by atoms with Gasteiger partial charge in [-0.15, -0.1) is 0 Å². The minimum absolute atomic E-state index is 0.313. The van der Waals surface area contributed by atoms with Crippen molar-refractivity contribution in [2.45, 2.75) is 6.92 Å². The summed E-state index contributed by atoms with van der Waals surface area (Å²) in [6.45, 7) is 2.16. The van der Waals surface area contributed by atoms with Crippen molar-refractivity contribution < 1.29 is 14.3 Å². The molecule has 0 N–H and O–H groups in total. The first-order valence-electron chi connectivity index (χ1n) is 5.73. The van der Waals surface area contributed by atoms with E-state index in [1.807, 2.05) is 22.6 Å². The molecule has 2 heterocycles.